The normalized spacial score (nSPS) is 17.0. The third-order valence-corrected chi connectivity index (χ3v) is 6.91. The van der Waals surface area contributed by atoms with Gasteiger partial charge in [-0.1, -0.05) is 12.1 Å². The average Bonchev–Trinajstić information content (AvgIpc) is 3.43. The summed E-state index contributed by atoms with van der Waals surface area (Å²) in [7, 11) is -3.81. The summed E-state index contributed by atoms with van der Waals surface area (Å²) in [6.07, 6.45) is 3.03. The number of halogens is 1. The Morgan fingerprint density at radius 1 is 1.23 bits per heavy atom. The Labute approximate surface area is 174 Å². The van der Waals surface area contributed by atoms with E-state index in [1.165, 1.54) is 27.4 Å². The molecule has 2 aromatic carbocycles. The lowest BCUT2D eigenvalue weighted by Crippen LogP contribution is -2.37. The lowest BCUT2D eigenvalue weighted by atomic mass is 10.2. The van der Waals surface area contributed by atoms with E-state index in [-0.39, 0.29) is 29.9 Å². The standard InChI is InChI=1S/C20H22FN5O3S/c1-15-11-19(8-9-20(15)26-14-22-23-24-26)30(27,28)25(13-18-3-2-10-29-18)12-16-4-6-17(21)7-5-16/h4-9,11,14,18H,2-3,10,12-13H2,1H3/t18-/m0/s1. The highest BCUT2D eigenvalue weighted by Crippen LogP contribution is 2.25. The van der Waals surface area contributed by atoms with Crippen LogP contribution in [0.4, 0.5) is 4.39 Å². The maximum absolute atomic E-state index is 13.5. The van der Waals surface area contributed by atoms with E-state index >= 15 is 0 Å². The Balaban J connectivity index is 1.65. The second kappa shape index (κ2) is 8.58. The fourth-order valence-corrected chi connectivity index (χ4v) is 5.07. The van der Waals surface area contributed by atoms with Gasteiger partial charge in [0.25, 0.3) is 0 Å². The fourth-order valence-electron chi connectivity index (χ4n) is 3.52. The fraction of sp³-hybridized carbons (Fsp3) is 0.350. The summed E-state index contributed by atoms with van der Waals surface area (Å²) in [5, 5.41) is 11.1. The van der Waals surface area contributed by atoms with Gasteiger partial charge in [0, 0.05) is 19.7 Å². The highest BCUT2D eigenvalue weighted by molar-refractivity contribution is 7.89. The molecule has 0 spiro atoms. The summed E-state index contributed by atoms with van der Waals surface area (Å²) >= 11 is 0. The number of tetrazole rings is 1. The highest BCUT2D eigenvalue weighted by atomic mass is 32.2. The largest absolute Gasteiger partial charge is 0.377 e. The van der Waals surface area contributed by atoms with E-state index in [1.807, 2.05) is 0 Å². The van der Waals surface area contributed by atoms with Crippen LogP contribution in [0.25, 0.3) is 5.69 Å². The molecule has 1 aliphatic heterocycles. The number of aryl methyl sites for hydroxylation is 1. The Morgan fingerprint density at radius 3 is 2.67 bits per heavy atom. The van der Waals surface area contributed by atoms with Crippen molar-refractivity contribution in [3.8, 4) is 5.69 Å². The lowest BCUT2D eigenvalue weighted by Gasteiger charge is -2.25. The van der Waals surface area contributed by atoms with Crippen molar-refractivity contribution < 1.29 is 17.5 Å². The molecule has 0 amide bonds. The van der Waals surface area contributed by atoms with Crippen LogP contribution in [-0.4, -0.2) is 52.2 Å². The van der Waals surface area contributed by atoms with Crippen molar-refractivity contribution in [3.05, 3.63) is 65.7 Å². The van der Waals surface area contributed by atoms with Crippen LogP contribution in [0.15, 0.2) is 53.7 Å². The molecule has 0 bridgehead atoms. The van der Waals surface area contributed by atoms with Crippen LogP contribution in [-0.2, 0) is 21.3 Å². The molecule has 0 unspecified atom stereocenters. The number of sulfonamides is 1. The molecule has 0 radical (unpaired) electrons. The number of benzene rings is 2. The maximum atomic E-state index is 13.5. The molecule has 1 aromatic heterocycles. The minimum atomic E-state index is -3.81. The van der Waals surface area contributed by atoms with E-state index < -0.39 is 10.0 Å². The summed E-state index contributed by atoms with van der Waals surface area (Å²) < 4.78 is 48.8. The summed E-state index contributed by atoms with van der Waals surface area (Å²) in [6, 6.07) is 10.7. The van der Waals surface area contributed by atoms with E-state index in [2.05, 4.69) is 15.5 Å². The zero-order valence-electron chi connectivity index (χ0n) is 16.5. The van der Waals surface area contributed by atoms with Gasteiger partial charge in [0.2, 0.25) is 10.0 Å². The Bertz CT molecular complexity index is 1100. The Kier molecular flexibility index (Phi) is 5.89. The van der Waals surface area contributed by atoms with Crippen LogP contribution in [0.1, 0.15) is 24.0 Å². The van der Waals surface area contributed by atoms with Crippen molar-refractivity contribution in [2.45, 2.75) is 37.3 Å². The van der Waals surface area contributed by atoms with E-state index in [4.69, 9.17) is 4.74 Å². The van der Waals surface area contributed by atoms with Crippen molar-refractivity contribution in [2.75, 3.05) is 13.2 Å². The van der Waals surface area contributed by atoms with Crippen LogP contribution in [0.5, 0.6) is 0 Å². The van der Waals surface area contributed by atoms with Crippen molar-refractivity contribution in [3.63, 3.8) is 0 Å². The van der Waals surface area contributed by atoms with Gasteiger partial charge >= 0.3 is 0 Å². The van der Waals surface area contributed by atoms with E-state index in [0.717, 1.165) is 18.4 Å². The second-order valence-corrected chi connectivity index (χ2v) is 9.20. The summed E-state index contributed by atoms with van der Waals surface area (Å²) in [6.45, 7) is 2.82. The van der Waals surface area contributed by atoms with Gasteiger partial charge in [0.1, 0.15) is 12.1 Å². The van der Waals surface area contributed by atoms with Gasteiger partial charge in [-0.05, 0) is 71.7 Å². The van der Waals surface area contributed by atoms with Gasteiger partial charge in [0.05, 0.1) is 16.7 Å². The van der Waals surface area contributed by atoms with Crippen LogP contribution in [0, 0.1) is 12.7 Å². The summed E-state index contributed by atoms with van der Waals surface area (Å²) in [4.78, 5) is 0.178. The lowest BCUT2D eigenvalue weighted by molar-refractivity contribution is 0.0926. The van der Waals surface area contributed by atoms with Crippen molar-refractivity contribution >= 4 is 10.0 Å². The third kappa shape index (κ3) is 4.40. The number of hydrogen-bond acceptors (Lipinski definition) is 6. The van der Waals surface area contributed by atoms with Gasteiger partial charge in [-0.2, -0.15) is 4.31 Å². The molecule has 2 heterocycles. The molecule has 0 aliphatic carbocycles. The molecule has 1 atom stereocenters. The molecular weight excluding hydrogens is 409 g/mol. The minimum Gasteiger partial charge on any atom is -0.377 e. The number of hydrogen-bond donors (Lipinski definition) is 0. The summed E-state index contributed by atoms with van der Waals surface area (Å²) in [5.41, 5.74) is 2.13. The SMILES string of the molecule is Cc1cc(S(=O)(=O)N(Cc2ccc(F)cc2)C[C@@H]2CCCO2)ccc1-n1cnnn1. The quantitative estimate of drug-likeness (QED) is 0.571. The highest BCUT2D eigenvalue weighted by Gasteiger charge is 2.29. The van der Waals surface area contributed by atoms with Crippen molar-refractivity contribution in [2.24, 2.45) is 0 Å². The molecule has 8 nitrogen and oxygen atoms in total. The maximum Gasteiger partial charge on any atom is 0.243 e. The van der Waals surface area contributed by atoms with E-state index in [9.17, 15) is 12.8 Å². The van der Waals surface area contributed by atoms with Gasteiger partial charge in [-0.3, -0.25) is 0 Å². The first-order valence-corrected chi connectivity index (χ1v) is 11.1. The minimum absolute atomic E-state index is 0.135. The Morgan fingerprint density at radius 2 is 2.03 bits per heavy atom. The smallest absolute Gasteiger partial charge is 0.243 e. The first-order valence-electron chi connectivity index (χ1n) is 9.64. The van der Waals surface area contributed by atoms with Gasteiger partial charge in [0.15, 0.2) is 0 Å². The molecule has 30 heavy (non-hydrogen) atoms. The monoisotopic (exact) mass is 431 g/mol. The molecule has 1 aliphatic rings. The topological polar surface area (TPSA) is 90.2 Å². The molecular formula is C20H22FN5O3S. The average molecular weight is 431 g/mol. The summed E-state index contributed by atoms with van der Waals surface area (Å²) in [5.74, 6) is -0.360. The van der Waals surface area contributed by atoms with Gasteiger partial charge in [-0.15, -0.1) is 5.10 Å². The number of aromatic nitrogens is 4. The predicted octanol–water partition coefficient (Wildman–Crippen LogP) is 2.48. The molecule has 0 N–H and O–H groups in total. The zero-order chi connectivity index (χ0) is 21.1. The van der Waals surface area contributed by atoms with Crippen LogP contribution >= 0.6 is 0 Å². The second-order valence-electron chi connectivity index (χ2n) is 7.26. The van der Waals surface area contributed by atoms with Crippen LogP contribution in [0.3, 0.4) is 0 Å². The zero-order valence-corrected chi connectivity index (χ0v) is 17.3. The van der Waals surface area contributed by atoms with Gasteiger partial charge in [-0.25, -0.2) is 17.5 Å². The number of rotatable bonds is 7. The van der Waals surface area contributed by atoms with E-state index in [0.29, 0.717) is 17.9 Å². The molecule has 1 fully saturated rings. The molecule has 10 heteroatoms. The number of nitrogens with zero attached hydrogens (tertiary/aromatic N) is 5. The van der Waals surface area contributed by atoms with E-state index in [1.54, 1.807) is 37.3 Å². The molecule has 3 aromatic rings. The third-order valence-electron chi connectivity index (χ3n) is 5.11. The predicted molar refractivity (Wildman–Crippen MR) is 107 cm³/mol. The van der Waals surface area contributed by atoms with Crippen molar-refractivity contribution in [1.82, 2.24) is 24.5 Å². The molecule has 0 saturated carbocycles. The van der Waals surface area contributed by atoms with Crippen LogP contribution in [0.2, 0.25) is 0 Å². The first kappa shape index (κ1) is 20.6. The van der Waals surface area contributed by atoms with Crippen molar-refractivity contribution in [1.29, 1.82) is 0 Å². The van der Waals surface area contributed by atoms with Gasteiger partial charge < -0.3 is 4.74 Å². The molecule has 158 valence electrons. The number of ether oxygens (including phenoxy) is 1. The first-order chi connectivity index (χ1) is 14.4. The molecule has 1 saturated heterocycles. The molecule has 4 rings (SSSR count). The van der Waals surface area contributed by atoms with Crippen LogP contribution < -0.4 is 0 Å². The Hall–Kier alpha value is -2.69.